The molecule has 0 aliphatic heterocycles. The quantitative estimate of drug-likeness (QED) is 0.769. The third-order valence-corrected chi connectivity index (χ3v) is 2.70. The smallest absolute Gasteiger partial charge is 0.316 e. The summed E-state index contributed by atoms with van der Waals surface area (Å²) in [6, 6.07) is 5.65. The van der Waals surface area contributed by atoms with Crippen molar-refractivity contribution in [2.75, 3.05) is 25.5 Å². The van der Waals surface area contributed by atoms with Crippen LogP contribution < -0.4 is 11.1 Å². The first-order chi connectivity index (χ1) is 9.93. The summed E-state index contributed by atoms with van der Waals surface area (Å²) in [5, 5.41) is 2.41. The number of rotatable bonds is 6. The van der Waals surface area contributed by atoms with E-state index in [-0.39, 0.29) is 24.8 Å². The number of nitrogens with one attached hydrogen (secondary N) is 1. The number of anilines is 1. The molecule has 21 heavy (non-hydrogen) atoms. The van der Waals surface area contributed by atoms with Crippen molar-refractivity contribution in [3.8, 4) is 0 Å². The minimum absolute atomic E-state index is 0.150. The summed E-state index contributed by atoms with van der Waals surface area (Å²) < 4.78 is 4.80. The monoisotopic (exact) mass is 293 g/mol. The van der Waals surface area contributed by atoms with Gasteiger partial charge in [0.15, 0.2) is 0 Å². The summed E-state index contributed by atoms with van der Waals surface area (Å²) in [4.78, 5) is 35.5. The molecule has 0 saturated heterocycles. The normalized spacial score (nSPS) is 9.81. The van der Waals surface area contributed by atoms with Crippen LogP contribution in [0.1, 0.15) is 23.7 Å². The van der Waals surface area contributed by atoms with Gasteiger partial charge in [-0.1, -0.05) is 0 Å². The van der Waals surface area contributed by atoms with Gasteiger partial charge in [0, 0.05) is 24.8 Å². The summed E-state index contributed by atoms with van der Waals surface area (Å²) in [5.74, 6) is -0.553. The molecule has 0 saturated carbocycles. The van der Waals surface area contributed by atoms with Crippen molar-refractivity contribution in [3.63, 3.8) is 0 Å². The summed E-state index contributed by atoms with van der Waals surface area (Å²) in [6.45, 7) is 2.33. The van der Waals surface area contributed by atoms with Crippen LogP contribution in [0.15, 0.2) is 24.3 Å². The molecule has 0 aromatic heterocycles. The van der Waals surface area contributed by atoms with Gasteiger partial charge in [0.1, 0.15) is 0 Å². The molecule has 3 amide bonds. The van der Waals surface area contributed by atoms with E-state index in [1.165, 1.54) is 4.90 Å². The highest BCUT2D eigenvalue weighted by Crippen LogP contribution is 2.11. The van der Waals surface area contributed by atoms with E-state index in [0.29, 0.717) is 17.9 Å². The van der Waals surface area contributed by atoms with Gasteiger partial charge in [0.05, 0.1) is 13.0 Å². The molecular formula is C14H19N3O4. The molecule has 0 spiro atoms. The second kappa shape index (κ2) is 7.88. The second-order valence-corrected chi connectivity index (χ2v) is 4.35. The molecule has 0 aliphatic carbocycles. The van der Waals surface area contributed by atoms with Gasteiger partial charge >= 0.3 is 12.0 Å². The number of esters is 1. The molecule has 0 radical (unpaired) electrons. The fraction of sp³-hybridized carbons (Fsp3) is 0.357. The van der Waals surface area contributed by atoms with Crippen LogP contribution in [0.2, 0.25) is 0 Å². The van der Waals surface area contributed by atoms with Crippen molar-refractivity contribution in [3.05, 3.63) is 29.8 Å². The maximum atomic E-state index is 12.1. The Labute approximate surface area is 123 Å². The Bertz CT molecular complexity index is 513. The van der Waals surface area contributed by atoms with Crippen molar-refractivity contribution >= 4 is 23.6 Å². The fourth-order valence-corrected chi connectivity index (χ4v) is 1.65. The number of carbonyl (C=O) groups is 3. The number of carbonyl (C=O) groups excluding carboxylic acids is 3. The number of ether oxygens (including phenoxy) is 1. The zero-order chi connectivity index (χ0) is 15.8. The van der Waals surface area contributed by atoms with Crippen molar-refractivity contribution in [2.45, 2.75) is 13.3 Å². The molecule has 0 atom stereocenters. The van der Waals surface area contributed by atoms with Gasteiger partial charge in [-0.15, -0.1) is 0 Å². The molecule has 0 bridgehead atoms. The lowest BCUT2D eigenvalue weighted by Gasteiger charge is -2.16. The van der Waals surface area contributed by atoms with Crippen LogP contribution in [-0.2, 0) is 9.53 Å². The molecule has 1 rings (SSSR count). The predicted molar refractivity (Wildman–Crippen MR) is 77.9 cm³/mol. The van der Waals surface area contributed by atoms with Crippen LogP contribution in [0, 0.1) is 0 Å². The average Bonchev–Trinajstić information content (AvgIpc) is 2.44. The predicted octanol–water partition coefficient (Wildman–Crippen LogP) is 1.20. The summed E-state index contributed by atoms with van der Waals surface area (Å²) in [6.07, 6.45) is 0.150. The van der Waals surface area contributed by atoms with Crippen molar-refractivity contribution < 1.29 is 19.1 Å². The Morgan fingerprint density at radius 2 is 1.86 bits per heavy atom. The van der Waals surface area contributed by atoms with Gasteiger partial charge < -0.3 is 20.7 Å². The fourth-order valence-electron chi connectivity index (χ4n) is 1.65. The Morgan fingerprint density at radius 1 is 1.24 bits per heavy atom. The highest BCUT2D eigenvalue weighted by molar-refractivity contribution is 5.95. The summed E-state index contributed by atoms with van der Waals surface area (Å²) in [7, 11) is 1.61. The third-order valence-electron chi connectivity index (χ3n) is 2.70. The Hall–Kier alpha value is -2.57. The van der Waals surface area contributed by atoms with E-state index in [1.807, 2.05) is 0 Å². The molecule has 0 aliphatic rings. The molecular weight excluding hydrogens is 274 g/mol. The second-order valence-electron chi connectivity index (χ2n) is 4.35. The molecule has 0 heterocycles. The van der Waals surface area contributed by atoms with Crippen molar-refractivity contribution in [1.82, 2.24) is 4.90 Å². The number of primary amides is 1. The van der Waals surface area contributed by atoms with E-state index in [9.17, 15) is 14.4 Å². The van der Waals surface area contributed by atoms with E-state index in [4.69, 9.17) is 10.5 Å². The maximum Gasteiger partial charge on any atom is 0.316 e. The van der Waals surface area contributed by atoms with Crippen LogP contribution in [-0.4, -0.2) is 43.0 Å². The van der Waals surface area contributed by atoms with E-state index in [1.54, 1.807) is 38.2 Å². The minimum Gasteiger partial charge on any atom is -0.466 e. The van der Waals surface area contributed by atoms with Gasteiger partial charge in [-0.2, -0.15) is 0 Å². The largest absolute Gasteiger partial charge is 0.466 e. The van der Waals surface area contributed by atoms with E-state index < -0.39 is 6.03 Å². The van der Waals surface area contributed by atoms with Gasteiger partial charge in [0.2, 0.25) is 0 Å². The number of amides is 3. The van der Waals surface area contributed by atoms with Crippen LogP contribution in [0.5, 0.6) is 0 Å². The van der Waals surface area contributed by atoms with E-state index >= 15 is 0 Å². The topological polar surface area (TPSA) is 102 Å². The average molecular weight is 293 g/mol. The van der Waals surface area contributed by atoms with Crippen LogP contribution >= 0.6 is 0 Å². The number of nitrogens with zero attached hydrogens (tertiary/aromatic N) is 1. The van der Waals surface area contributed by atoms with Crippen molar-refractivity contribution in [2.24, 2.45) is 5.73 Å². The minimum atomic E-state index is -0.666. The standard InChI is InChI=1S/C14H19N3O4/c1-3-21-12(18)8-9-17(2)13(19)10-4-6-11(7-5-10)16-14(15)20/h4-7H,3,8-9H2,1-2H3,(H3,15,16,20). The lowest BCUT2D eigenvalue weighted by molar-refractivity contribution is -0.143. The first-order valence-electron chi connectivity index (χ1n) is 6.51. The zero-order valence-electron chi connectivity index (χ0n) is 12.1. The zero-order valence-corrected chi connectivity index (χ0v) is 12.1. The highest BCUT2D eigenvalue weighted by atomic mass is 16.5. The number of hydrogen-bond acceptors (Lipinski definition) is 4. The van der Waals surface area contributed by atoms with Gasteiger partial charge in [0.25, 0.3) is 5.91 Å². The number of nitrogens with two attached hydrogens (primary N) is 1. The maximum absolute atomic E-state index is 12.1. The first-order valence-corrected chi connectivity index (χ1v) is 6.51. The van der Waals surface area contributed by atoms with E-state index in [2.05, 4.69) is 5.32 Å². The van der Waals surface area contributed by atoms with E-state index in [0.717, 1.165) is 0 Å². The highest BCUT2D eigenvalue weighted by Gasteiger charge is 2.13. The molecule has 7 heteroatoms. The lowest BCUT2D eigenvalue weighted by atomic mass is 10.2. The Kier molecular flexibility index (Phi) is 6.19. The Morgan fingerprint density at radius 3 is 2.38 bits per heavy atom. The lowest BCUT2D eigenvalue weighted by Crippen LogP contribution is -2.29. The molecule has 3 N–H and O–H groups in total. The summed E-state index contributed by atoms with van der Waals surface area (Å²) in [5.41, 5.74) is 5.96. The number of urea groups is 1. The summed E-state index contributed by atoms with van der Waals surface area (Å²) >= 11 is 0. The van der Waals surface area contributed by atoms with Gasteiger partial charge in [-0.05, 0) is 31.2 Å². The molecule has 1 aromatic carbocycles. The van der Waals surface area contributed by atoms with Gasteiger partial charge in [-0.25, -0.2) is 4.79 Å². The van der Waals surface area contributed by atoms with Crippen molar-refractivity contribution in [1.29, 1.82) is 0 Å². The molecule has 0 unspecified atom stereocenters. The molecule has 0 fully saturated rings. The van der Waals surface area contributed by atoms with Crippen LogP contribution in [0.4, 0.5) is 10.5 Å². The number of hydrogen-bond donors (Lipinski definition) is 2. The first kappa shape index (κ1) is 16.5. The Balaban J connectivity index is 2.57. The molecule has 7 nitrogen and oxygen atoms in total. The van der Waals surface area contributed by atoms with Crippen LogP contribution in [0.3, 0.4) is 0 Å². The van der Waals surface area contributed by atoms with Crippen LogP contribution in [0.25, 0.3) is 0 Å². The molecule has 1 aromatic rings. The molecule has 114 valence electrons. The van der Waals surface area contributed by atoms with Gasteiger partial charge in [-0.3, -0.25) is 9.59 Å². The number of benzene rings is 1. The third kappa shape index (κ3) is 5.52. The SMILES string of the molecule is CCOC(=O)CCN(C)C(=O)c1ccc(NC(N)=O)cc1.